The van der Waals surface area contributed by atoms with Crippen LogP contribution in [0.25, 0.3) is 21.9 Å². The van der Waals surface area contributed by atoms with Gasteiger partial charge in [0.1, 0.15) is 0 Å². The molecular weight excluding hydrogens is 560 g/mol. The lowest BCUT2D eigenvalue weighted by atomic mass is 9.97. The molecule has 0 saturated heterocycles. The molecule has 5 N–H and O–H groups in total. The molecule has 0 aliphatic carbocycles. The van der Waals surface area contributed by atoms with Crippen molar-refractivity contribution in [2.45, 2.75) is 18.0 Å². The van der Waals surface area contributed by atoms with Gasteiger partial charge in [-0.2, -0.15) is 0 Å². The average molecular weight is 593 g/mol. The molecule has 5 rings (SSSR count). The Hall–Kier alpha value is -4.83. The Kier molecular flexibility index (Phi) is 8.96. The normalized spacial score (nSPS) is 11.3. The van der Waals surface area contributed by atoms with E-state index in [0.717, 1.165) is 33.0 Å². The van der Waals surface area contributed by atoms with Crippen LogP contribution in [0.5, 0.6) is 0 Å². The van der Waals surface area contributed by atoms with Crippen LogP contribution >= 0.6 is 0 Å². The van der Waals surface area contributed by atoms with Crippen molar-refractivity contribution in [1.29, 1.82) is 0 Å². The van der Waals surface area contributed by atoms with E-state index in [0.29, 0.717) is 30.8 Å². The van der Waals surface area contributed by atoms with Gasteiger partial charge in [0.25, 0.3) is 11.8 Å². The summed E-state index contributed by atoms with van der Waals surface area (Å²) >= 11 is 0. The Balaban J connectivity index is 1.51. The van der Waals surface area contributed by atoms with Crippen LogP contribution in [0.3, 0.4) is 0 Å². The number of nitrogens with zero attached hydrogens (tertiary/aromatic N) is 1. The van der Waals surface area contributed by atoms with Crippen LogP contribution in [0.1, 0.15) is 31.8 Å². The second kappa shape index (κ2) is 13.0. The van der Waals surface area contributed by atoms with E-state index in [1.807, 2.05) is 84.9 Å². The van der Waals surface area contributed by atoms with Crippen LogP contribution in [-0.4, -0.2) is 38.2 Å². The predicted octanol–water partition coefficient (Wildman–Crippen LogP) is 4.69. The number of carbonyl (C=O) groups excluding carboxylic acids is 2. The smallest absolute Gasteiger partial charge is 0.254 e. The molecule has 0 fully saturated rings. The van der Waals surface area contributed by atoms with Crippen molar-refractivity contribution in [3.63, 3.8) is 0 Å². The number of fused-ring (bicyclic) bond motifs is 1. The minimum atomic E-state index is -3.89. The predicted molar refractivity (Wildman–Crippen MR) is 169 cm³/mol. The molecule has 5 aromatic rings. The van der Waals surface area contributed by atoms with Gasteiger partial charge in [0.2, 0.25) is 10.0 Å². The third-order valence-corrected chi connectivity index (χ3v) is 8.10. The molecule has 0 heterocycles. The summed E-state index contributed by atoms with van der Waals surface area (Å²) in [5.74, 6) is -0.469. The number of hydrogen-bond donors (Lipinski definition) is 3. The molecular formula is C34H32N4O4S. The first-order chi connectivity index (χ1) is 20.7. The van der Waals surface area contributed by atoms with E-state index < -0.39 is 10.0 Å². The monoisotopic (exact) mass is 592 g/mol. The van der Waals surface area contributed by atoms with Gasteiger partial charge in [-0.3, -0.25) is 9.59 Å². The molecule has 43 heavy (non-hydrogen) atoms. The van der Waals surface area contributed by atoms with Crippen LogP contribution in [0, 0.1) is 0 Å². The molecule has 0 aliphatic rings. The minimum absolute atomic E-state index is 0.0634. The molecule has 5 aromatic carbocycles. The van der Waals surface area contributed by atoms with Gasteiger partial charge < -0.3 is 16.0 Å². The van der Waals surface area contributed by atoms with Gasteiger partial charge in [0.15, 0.2) is 0 Å². The van der Waals surface area contributed by atoms with Crippen molar-refractivity contribution in [2.75, 3.05) is 13.1 Å². The molecule has 0 bridgehead atoms. The Morgan fingerprint density at radius 2 is 1.47 bits per heavy atom. The van der Waals surface area contributed by atoms with Crippen molar-refractivity contribution < 1.29 is 18.0 Å². The highest BCUT2D eigenvalue weighted by Gasteiger charge is 2.20. The minimum Gasteiger partial charge on any atom is -0.351 e. The topological polar surface area (TPSA) is 136 Å². The lowest BCUT2D eigenvalue weighted by Crippen LogP contribution is -2.30. The molecule has 0 radical (unpaired) electrons. The quantitative estimate of drug-likeness (QED) is 0.216. The molecule has 8 nitrogen and oxygen atoms in total. The lowest BCUT2D eigenvalue weighted by Gasteiger charge is -2.24. The van der Waals surface area contributed by atoms with Gasteiger partial charge in [0, 0.05) is 37.3 Å². The van der Waals surface area contributed by atoms with E-state index in [-0.39, 0.29) is 23.3 Å². The summed E-state index contributed by atoms with van der Waals surface area (Å²) in [4.78, 5) is 28.4. The van der Waals surface area contributed by atoms with E-state index in [1.54, 1.807) is 11.0 Å². The summed E-state index contributed by atoms with van der Waals surface area (Å²) in [5, 5.41) is 10.2. The molecule has 0 spiro atoms. The number of nitrogens with one attached hydrogen (secondary N) is 1. The van der Waals surface area contributed by atoms with Gasteiger partial charge in [0.05, 0.1) is 4.90 Å². The van der Waals surface area contributed by atoms with Crippen LogP contribution < -0.4 is 16.2 Å². The van der Waals surface area contributed by atoms with Crippen molar-refractivity contribution in [1.82, 2.24) is 10.2 Å². The molecule has 0 atom stereocenters. The van der Waals surface area contributed by atoms with Crippen molar-refractivity contribution >= 4 is 32.6 Å². The third-order valence-electron chi connectivity index (χ3n) is 7.17. The summed E-state index contributed by atoms with van der Waals surface area (Å²) < 4.78 is 23.5. The van der Waals surface area contributed by atoms with Crippen LogP contribution in [0.2, 0.25) is 0 Å². The van der Waals surface area contributed by atoms with E-state index in [2.05, 4.69) is 5.32 Å². The lowest BCUT2D eigenvalue weighted by molar-refractivity contribution is 0.0730. The number of amides is 2. The van der Waals surface area contributed by atoms with Crippen molar-refractivity contribution in [3.8, 4) is 11.1 Å². The fourth-order valence-corrected chi connectivity index (χ4v) is 5.59. The van der Waals surface area contributed by atoms with Crippen LogP contribution in [0.15, 0.2) is 120 Å². The van der Waals surface area contributed by atoms with Gasteiger partial charge in [-0.25, -0.2) is 13.6 Å². The fourth-order valence-electron chi connectivity index (χ4n) is 5.08. The number of sulfonamides is 1. The number of primary sulfonamides is 1. The first-order valence-corrected chi connectivity index (χ1v) is 15.3. The standard InChI is InChI=1S/C34H32N4O4S/c35-19-20-37-33(39)32-14-4-3-13-31(32)27-10-5-7-24(21-27)22-38(23-28-11-6-9-25-8-1-2-12-30(25)28)34(40)26-15-17-29(18-16-26)43(36,41)42/h1-18,21H,19-20,22-23,35H2,(H,37,39)(H2,36,41,42). The van der Waals surface area contributed by atoms with E-state index in [1.165, 1.54) is 24.3 Å². The summed E-state index contributed by atoms with van der Waals surface area (Å²) in [7, 11) is -3.89. The second-order valence-electron chi connectivity index (χ2n) is 10.2. The van der Waals surface area contributed by atoms with E-state index >= 15 is 0 Å². The second-order valence-corrected chi connectivity index (χ2v) is 11.7. The number of benzene rings is 5. The molecule has 0 unspecified atom stereocenters. The van der Waals surface area contributed by atoms with Gasteiger partial charge in [-0.1, -0.05) is 78.9 Å². The van der Waals surface area contributed by atoms with Crippen LogP contribution in [0.4, 0.5) is 0 Å². The van der Waals surface area contributed by atoms with Crippen LogP contribution in [-0.2, 0) is 23.1 Å². The largest absolute Gasteiger partial charge is 0.351 e. The Morgan fingerprint density at radius 1 is 0.767 bits per heavy atom. The van der Waals surface area contributed by atoms with Crippen molar-refractivity contribution in [2.24, 2.45) is 10.9 Å². The maximum Gasteiger partial charge on any atom is 0.254 e. The summed E-state index contributed by atoms with van der Waals surface area (Å²) in [5.41, 5.74) is 9.89. The third kappa shape index (κ3) is 6.98. The Bertz CT molecular complexity index is 1880. The molecule has 0 saturated carbocycles. The maximum atomic E-state index is 13.9. The number of hydrogen-bond acceptors (Lipinski definition) is 5. The van der Waals surface area contributed by atoms with Gasteiger partial charge in [-0.15, -0.1) is 0 Å². The zero-order valence-electron chi connectivity index (χ0n) is 23.4. The highest BCUT2D eigenvalue weighted by Crippen LogP contribution is 2.27. The highest BCUT2D eigenvalue weighted by atomic mass is 32.2. The van der Waals surface area contributed by atoms with Crippen molar-refractivity contribution in [3.05, 3.63) is 138 Å². The van der Waals surface area contributed by atoms with E-state index in [9.17, 15) is 18.0 Å². The summed E-state index contributed by atoms with van der Waals surface area (Å²) in [6.07, 6.45) is 0. The molecule has 218 valence electrons. The molecule has 2 amide bonds. The number of rotatable bonds is 10. The van der Waals surface area contributed by atoms with Gasteiger partial charge in [-0.05, 0) is 69.4 Å². The Labute approximate surface area is 251 Å². The zero-order chi connectivity index (χ0) is 30.4. The van der Waals surface area contributed by atoms with Gasteiger partial charge >= 0.3 is 0 Å². The number of carbonyl (C=O) groups is 2. The number of nitrogens with two attached hydrogens (primary N) is 2. The fraction of sp³-hybridized carbons (Fsp3) is 0.118. The Morgan fingerprint density at radius 3 is 2.23 bits per heavy atom. The maximum absolute atomic E-state index is 13.9. The molecule has 0 aliphatic heterocycles. The molecule has 9 heteroatoms. The molecule has 0 aromatic heterocycles. The highest BCUT2D eigenvalue weighted by molar-refractivity contribution is 7.89. The zero-order valence-corrected chi connectivity index (χ0v) is 24.3. The SMILES string of the molecule is NCCNC(=O)c1ccccc1-c1cccc(CN(Cc2cccc3ccccc23)C(=O)c2ccc(S(N)(=O)=O)cc2)c1. The first-order valence-electron chi connectivity index (χ1n) is 13.8. The van der Waals surface area contributed by atoms with E-state index in [4.69, 9.17) is 10.9 Å². The first kappa shape index (κ1) is 29.7. The summed E-state index contributed by atoms with van der Waals surface area (Å²) in [6, 6.07) is 34.7. The summed E-state index contributed by atoms with van der Waals surface area (Å²) in [6.45, 7) is 1.30. The average Bonchev–Trinajstić information content (AvgIpc) is 3.03.